The molecule has 4 N–H and O–H groups in total. The van der Waals surface area contributed by atoms with E-state index < -0.39 is 11.7 Å². The van der Waals surface area contributed by atoms with Gasteiger partial charge in [0.05, 0.1) is 5.56 Å². The van der Waals surface area contributed by atoms with E-state index in [2.05, 4.69) is 36.4 Å². The second-order valence-corrected chi connectivity index (χ2v) is 9.84. The monoisotopic (exact) mass is 487 g/mol. The second kappa shape index (κ2) is 10.4. The Morgan fingerprint density at radius 2 is 1.69 bits per heavy atom. The highest BCUT2D eigenvalue weighted by atomic mass is 19.4. The lowest BCUT2D eigenvalue weighted by atomic mass is 9.91. The predicted molar refractivity (Wildman–Crippen MR) is 130 cm³/mol. The maximum atomic E-state index is 13.0. The molecule has 5 rings (SSSR count). The van der Waals surface area contributed by atoms with Crippen LogP contribution in [0.15, 0.2) is 41.5 Å². The largest absolute Gasteiger partial charge is 0.416 e. The molecule has 1 unspecified atom stereocenters. The van der Waals surface area contributed by atoms with Gasteiger partial charge in [-0.25, -0.2) is 15.4 Å². The van der Waals surface area contributed by atoms with Gasteiger partial charge < -0.3 is 16.1 Å². The number of rotatable bonds is 6. The summed E-state index contributed by atoms with van der Waals surface area (Å²) in [7, 11) is 0. The average Bonchev–Trinajstić information content (AvgIpc) is 3.53. The van der Waals surface area contributed by atoms with Gasteiger partial charge >= 0.3 is 6.18 Å². The van der Waals surface area contributed by atoms with Crippen LogP contribution >= 0.6 is 0 Å². The summed E-state index contributed by atoms with van der Waals surface area (Å²) in [6, 6.07) is 8.01. The maximum absolute atomic E-state index is 13.0. The lowest BCUT2D eigenvalue weighted by Gasteiger charge is -2.30. The Kier molecular flexibility index (Phi) is 7.08. The van der Waals surface area contributed by atoms with Gasteiger partial charge in [-0.2, -0.15) is 18.2 Å². The van der Waals surface area contributed by atoms with Crippen LogP contribution in [0.25, 0.3) is 0 Å². The lowest BCUT2D eigenvalue weighted by molar-refractivity contribution is -0.137. The molecule has 2 heterocycles. The maximum Gasteiger partial charge on any atom is 0.416 e. The first kappa shape index (κ1) is 23.8. The zero-order chi connectivity index (χ0) is 24.3. The van der Waals surface area contributed by atoms with Crippen LogP contribution < -0.4 is 21.5 Å². The molecule has 35 heavy (non-hydrogen) atoms. The number of anilines is 2. The SMILES string of the molecule is FC(F)(F)c1cccc(NC2CCC(Nc3nccc(N=C4CC(C5CCCC5)NN4)n3)CC2)c1. The Bertz CT molecular complexity index is 1030. The van der Waals surface area contributed by atoms with Crippen molar-refractivity contribution in [2.75, 3.05) is 10.6 Å². The Balaban J connectivity index is 1.12. The van der Waals surface area contributed by atoms with Crippen molar-refractivity contribution in [3.63, 3.8) is 0 Å². The molecule has 0 spiro atoms. The van der Waals surface area contributed by atoms with Crippen LogP contribution in [-0.2, 0) is 6.18 Å². The Labute approximate surface area is 203 Å². The van der Waals surface area contributed by atoms with E-state index in [-0.39, 0.29) is 12.1 Å². The van der Waals surface area contributed by atoms with E-state index in [1.165, 1.54) is 37.8 Å². The van der Waals surface area contributed by atoms with E-state index in [1.54, 1.807) is 18.3 Å². The molecule has 188 valence electrons. The Morgan fingerprint density at radius 1 is 0.943 bits per heavy atom. The molecular formula is C25H32F3N7. The normalized spacial score (nSPS) is 26.6. The van der Waals surface area contributed by atoms with Crippen molar-refractivity contribution in [2.24, 2.45) is 10.9 Å². The minimum atomic E-state index is -4.33. The molecule has 1 saturated heterocycles. The van der Waals surface area contributed by atoms with E-state index in [9.17, 15) is 13.2 Å². The van der Waals surface area contributed by atoms with Crippen molar-refractivity contribution in [2.45, 2.75) is 82.1 Å². The van der Waals surface area contributed by atoms with Crippen molar-refractivity contribution in [3.8, 4) is 0 Å². The second-order valence-electron chi connectivity index (χ2n) is 9.84. The Hall–Kier alpha value is -2.88. The standard InChI is InChI=1S/C25H32F3N7/c26-25(27,28)17-6-3-7-20(14-17)30-18-8-10-19(11-9-18)31-24-29-13-12-22(33-24)32-23-15-21(34-35-23)16-4-1-2-5-16/h3,6-7,12-14,16,18-19,21,30,34H,1-2,4-5,8-11,15H2,(H2,29,31,32,33,35). The molecule has 0 bridgehead atoms. The smallest absolute Gasteiger partial charge is 0.382 e. The molecule has 1 aliphatic heterocycles. The fourth-order valence-electron chi connectivity index (χ4n) is 5.41. The van der Waals surface area contributed by atoms with Crippen LogP contribution in [0.3, 0.4) is 0 Å². The first-order chi connectivity index (χ1) is 16.9. The zero-order valence-electron chi connectivity index (χ0n) is 19.6. The first-order valence-corrected chi connectivity index (χ1v) is 12.5. The summed E-state index contributed by atoms with van der Waals surface area (Å²) in [5.41, 5.74) is 6.48. The van der Waals surface area contributed by atoms with E-state index in [4.69, 9.17) is 0 Å². The van der Waals surface area contributed by atoms with Gasteiger partial charge in [0, 0.05) is 42.5 Å². The van der Waals surface area contributed by atoms with Gasteiger partial charge in [0.1, 0.15) is 5.84 Å². The van der Waals surface area contributed by atoms with E-state index in [0.717, 1.165) is 49.9 Å². The molecule has 1 atom stereocenters. The fourth-order valence-corrected chi connectivity index (χ4v) is 5.41. The van der Waals surface area contributed by atoms with Gasteiger partial charge in [-0.05, 0) is 62.6 Å². The van der Waals surface area contributed by atoms with Crippen molar-refractivity contribution < 1.29 is 13.2 Å². The number of hydrogen-bond donors (Lipinski definition) is 4. The average molecular weight is 488 g/mol. The molecule has 2 aromatic rings. The molecule has 2 saturated carbocycles. The molecule has 0 amide bonds. The van der Waals surface area contributed by atoms with Gasteiger partial charge in [-0.1, -0.05) is 18.9 Å². The highest BCUT2D eigenvalue weighted by Crippen LogP contribution is 2.32. The number of halogens is 3. The summed E-state index contributed by atoms with van der Waals surface area (Å²) < 4.78 is 38.9. The van der Waals surface area contributed by atoms with Crippen LogP contribution in [0.2, 0.25) is 0 Å². The van der Waals surface area contributed by atoms with Crippen LogP contribution in [0.1, 0.15) is 63.4 Å². The number of nitrogens with one attached hydrogen (secondary N) is 4. The summed E-state index contributed by atoms with van der Waals surface area (Å²) in [5, 5.41) is 6.67. The highest BCUT2D eigenvalue weighted by Gasteiger charge is 2.31. The minimum absolute atomic E-state index is 0.143. The molecule has 1 aromatic carbocycles. The summed E-state index contributed by atoms with van der Waals surface area (Å²) in [6.45, 7) is 0. The lowest BCUT2D eigenvalue weighted by Crippen LogP contribution is -2.35. The van der Waals surface area contributed by atoms with Gasteiger partial charge in [0.25, 0.3) is 0 Å². The molecule has 7 nitrogen and oxygen atoms in total. The molecule has 1 aromatic heterocycles. The van der Waals surface area contributed by atoms with Crippen molar-refractivity contribution in [3.05, 3.63) is 42.1 Å². The molecular weight excluding hydrogens is 455 g/mol. The number of amidine groups is 1. The number of aliphatic imine (C=N–C) groups is 1. The van der Waals surface area contributed by atoms with Crippen molar-refractivity contribution >= 4 is 23.3 Å². The van der Waals surface area contributed by atoms with Crippen LogP contribution in [0.5, 0.6) is 0 Å². The predicted octanol–water partition coefficient (Wildman–Crippen LogP) is 5.42. The fraction of sp³-hybridized carbons (Fsp3) is 0.560. The van der Waals surface area contributed by atoms with Gasteiger partial charge in [0.2, 0.25) is 5.95 Å². The molecule has 3 aliphatic rings. The first-order valence-electron chi connectivity index (χ1n) is 12.5. The summed E-state index contributed by atoms with van der Waals surface area (Å²) in [6.07, 6.45) is 6.95. The molecule has 2 aliphatic carbocycles. The molecule has 10 heteroatoms. The topological polar surface area (TPSA) is 86.3 Å². The summed E-state index contributed by atoms with van der Waals surface area (Å²) in [4.78, 5) is 13.6. The van der Waals surface area contributed by atoms with Crippen molar-refractivity contribution in [1.82, 2.24) is 20.8 Å². The van der Waals surface area contributed by atoms with E-state index >= 15 is 0 Å². The van der Waals surface area contributed by atoms with Gasteiger partial charge in [-0.3, -0.25) is 0 Å². The molecule has 3 fully saturated rings. The van der Waals surface area contributed by atoms with Gasteiger partial charge in [0.15, 0.2) is 5.82 Å². The van der Waals surface area contributed by atoms with E-state index in [0.29, 0.717) is 23.5 Å². The van der Waals surface area contributed by atoms with Gasteiger partial charge in [-0.15, -0.1) is 0 Å². The highest BCUT2D eigenvalue weighted by molar-refractivity contribution is 5.86. The number of hydrogen-bond acceptors (Lipinski definition) is 6. The van der Waals surface area contributed by atoms with Crippen LogP contribution in [0.4, 0.5) is 30.6 Å². The van der Waals surface area contributed by atoms with E-state index in [1.807, 2.05) is 0 Å². The number of benzene rings is 1. The van der Waals surface area contributed by atoms with Crippen LogP contribution in [0, 0.1) is 5.92 Å². The third-order valence-electron chi connectivity index (χ3n) is 7.30. The minimum Gasteiger partial charge on any atom is -0.382 e. The number of aromatic nitrogens is 2. The number of alkyl halides is 3. The third-order valence-corrected chi connectivity index (χ3v) is 7.30. The number of nitrogens with zero attached hydrogens (tertiary/aromatic N) is 3. The number of hydrazine groups is 1. The third kappa shape index (κ3) is 6.22. The zero-order valence-corrected chi connectivity index (χ0v) is 19.6. The Morgan fingerprint density at radius 3 is 2.43 bits per heavy atom. The quantitative estimate of drug-likeness (QED) is 0.436. The summed E-state index contributed by atoms with van der Waals surface area (Å²) >= 11 is 0. The van der Waals surface area contributed by atoms with Crippen molar-refractivity contribution in [1.29, 1.82) is 0 Å². The van der Waals surface area contributed by atoms with Crippen LogP contribution in [-0.4, -0.2) is 33.9 Å². The summed E-state index contributed by atoms with van der Waals surface area (Å²) in [5.74, 6) is 2.81. The molecule has 0 radical (unpaired) electrons.